The molecular weight excluding hydrogens is 426 g/mol. The van der Waals surface area contributed by atoms with Crippen molar-refractivity contribution in [3.05, 3.63) is 29.8 Å². The molecule has 2 aliphatic heterocycles. The van der Waals surface area contributed by atoms with E-state index in [2.05, 4.69) is 10.4 Å². The van der Waals surface area contributed by atoms with Crippen molar-refractivity contribution in [3.63, 3.8) is 0 Å². The van der Waals surface area contributed by atoms with Gasteiger partial charge in [0.15, 0.2) is 21.7 Å². The Morgan fingerprint density at radius 2 is 2.00 bits per heavy atom. The second-order valence-electron chi connectivity index (χ2n) is 7.52. The van der Waals surface area contributed by atoms with Gasteiger partial charge in [0.2, 0.25) is 5.91 Å². The smallest absolute Gasteiger partial charge is 0.355 e. The van der Waals surface area contributed by atoms with Crippen molar-refractivity contribution in [1.82, 2.24) is 5.01 Å². The highest BCUT2D eigenvalue weighted by atomic mass is 32.2. The number of hydrogen-bond acceptors (Lipinski definition) is 8. The average molecular weight is 449 g/mol. The first kappa shape index (κ1) is 22.6. The molecule has 10 nitrogen and oxygen atoms in total. The van der Waals surface area contributed by atoms with Crippen LogP contribution in [0.4, 0.5) is 5.69 Å². The van der Waals surface area contributed by atoms with Gasteiger partial charge in [-0.3, -0.25) is 14.4 Å². The number of rotatable bonds is 6. The van der Waals surface area contributed by atoms with Crippen molar-refractivity contribution in [2.24, 2.45) is 5.10 Å². The maximum atomic E-state index is 12.5. The van der Waals surface area contributed by atoms with Gasteiger partial charge < -0.3 is 10.1 Å². The number of benzene rings is 1. The summed E-state index contributed by atoms with van der Waals surface area (Å²) in [6.45, 7) is 2.79. The van der Waals surface area contributed by atoms with Gasteiger partial charge in [0.1, 0.15) is 5.71 Å². The molecule has 0 aromatic heterocycles. The number of hydrogen-bond donors (Lipinski definition) is 1. The molecule has 1 aromatic rings. The topological polar surface area (TPSA) is 139 Å². The van der Waals surface area contributed by atoms with Crippen LogP contribution in [0.1, 0.15) is 43.5 Å². The highest BCUT2D eigenvalue weighted by Gasteiger charge is 2.37. The fourth-order valence-electron chi connectivity index (χ4n) is 3.31. The van der Waals surface area contributed by atoms with E-state index in [1.807, 2.05) is 0 Å². The Kier molecular flexibility index (Phi) is 6.54. The molecule has 1 saturated heterocycles. The molecular formula is C20H23N3O7S. The molecule has 3 rings (SSSR count). The number of esters is 1. The van der Waals surface area contributed by atoms with Gasteiger partial charge in [0.25, 0.3) is 5.91 Å². The number of anilines is 1. The Morgan fingerprint density at radius 3 is 2.65 bits per heavy atom. The Morgan fingerprint density at radius 1 is 1.26 bits per heavy atom. The van der Waals surface area contributed by atoms with Crippen LogP contribution >= 0.6 is 0 Å². The Hall–Kier alpha value is -3.08. The summed E-state index contributed by atoms with van der Waals surface area (Å²) in [4.78, 5) is 48.4. The molecule has 166 valence electrons. The normalized spacial score (nSPS) is 21.2. The molecule has 0 radical (unpaired) electrons. The van der Waals surface area contributed by atoms with Gasteiger partial charge in [-0.1, -0.05) is 12.1 Å². The lowest BCUT2D eigenvalue weighted by Gasteiger charge is -2.27. The summed E-state index contributed by atoms with van der Waals surface area (Å²) < 4.78 is 28.6. The number of amides is 2. The molecule has 2 heterocycles. The van der Waals surface area contributed by atoms with Crippen LogP contribution in [-0.4, -0.2) is 66.4 Å². The number of hydrazone groups is 1. The monoisotopic (exact) mass is 449 g/mol. The molecule has 0 aliphatic carbocycles. The molecule has 11 heteroatoms. The second kappa shape index (κ2) is 8.96. The largest absolute Gasteiger partial charge is 0.448 e. The lowest BCUT2D eigenvalue weighted by Crippen LogP contribution is -2.42. The number of nitrogens with one attached hydrogen (secondary N) is 1. The van der Waals surface area contributed by atoms with E-state index in [1.165, 1.54) is 19.9 Å². The molecule has 0 bridgehead atoms. The number of ether oxygens (including phenoxy) is 1. The van der Waals surface area contributed by atoms with E-state index in [1.54, 1.807) is 18.2 Å². The SMILES string of the molecule is CC(=O)c1cccc(NC(=O)[C@@H](C)OC(=O)C2=NN([C@H]3CCS(=O)(=O)C3)C(=O)CC2)c1. The summed E-state index contributed by atoms with van der Waals surface area (Å²) in [6, 6.07) is 5.75. The Bertz CT molecular complexity index is 1060. The maximum absolute atomic E-state index is 12.5. The molecule has 2 amide bonds. The summed E-state index contributed by atoms with van der Waals surface area (Å²) in [5.74, 6) is -2.17. The highest BCUT2D eigenvalue weighted by Crippen LogP contribution is 2.22. The van der Waals surface area contributed by atoms with E-state index in [-0.39, 0.29) is 48.2 Å². The fourth-order valence-corrected chi connectivity index (χ4v) is 5.01. The minimum atomic E-state index is -3.23. The van der Waals surface area contributed by atoms with Gasteiger partial charge in [-0.25, -0.2) is 18.2 Å². The van der Waals surface area contributed by atoms with Gasteiger partial charge in [-0.15, -0.1) is 0 Å². The second-order valence-corrected chi connectivity index (χ2v) is 9.74. The van der Waals surface area contributed by atoms with Gasteiger partial charge in [-0.2, -0.15) is 5.10 Å². The number of sulfone groups is 1. The van der Waals surface area contributed by atoms with E-state index in [4.69, 9.17) is 4.74 Å². The van der Waals surface area contributed by atoms with Crippen molar-refractivity contribution in [3.8, 4) is 0 Å². The van der Waals surface area contributed by atoms with Crippen LogP contribution in [0.3, 0.4) is 0 Å². The summed E-state index contributed by atoms with van der Waals surface area (Å²) in [5.41, 5.74) is 0.773. The third kappa shape index (κ3) is 5.54. The van der Waals surface area contributed by atoms with Crippen molar-refractivity contribution >= 4 is 44.8 Å². The van der Waals surface area contributed by atoms with E-state index in [9.17, 15) is 27.6 Å². The lowest BCUT2D eigenvalue weighted by molar-refractivity contribution is -0.147. The van der Waals surface area contributed by atoms with Crippen molar-refractivity contribution in [2.45, 2.75) is 45.3 Å². The zero-order valence-electron chi connectivity index (χ0n) is 17.2. The van der Waals surface area contributed by atoms with E-state index in [0.29, 0.717) is 11.3 Å². The van der Waals surface area contributed by atoms with Crippen molar-refractivity contribution < 1.29 is 32.3 Å². The number of ketones is 1. The molecule has 2 aliphatic rings. The van der Waals surface area contributed by atoms with Crippen LogP contribution in [0.25, 0.3) is 0 Å². The van der Waals surface area contributed by atoms with E-state index in [0.717, 1.165) is 5.01 Å². The van der Waals surface area contributed by atoms with Gasteiger partial charge >= 0.3 is 5.97 Å². The maximum Gasteiger partial charge on any atom is 0.355 e. The number of Topliss-reactive ketones (excluding diaryl/α,β-unsaturated/α-hetero) is 1. The summed E-state index contributed by atoms with van der Waals surface area (Å²) in [5, 5.41) is 7.66. The quantitative estimate of drug-likeness (QED) is 0.503. The summed E-state index contributed by atoms with van der Waals surface area (Å²) >= 11 is 0. The molecule has 1 N–H and O–H groups in total. The molecule has 1 aromatic carbocycles. The molecule has 1 fully saturated rings. The third-order valence-electron chi connectivity index (χ3n) is 5.04. The lowest BCUT2D eigenvalue weighted by atomic mass is 10.1. The molecule has 2 atom stereocenters. The number of carbonyl (C=O) groups excluding carboxylic acids is 4. The third-order valence-corrected chi connectivity index (χ3v) is 6.79. The molecule has 31 heavy (non-hydrogen) atoms. The van der Waals surface area contributed by atoms with Gasteiger partial charge in [0.05, 0.1) is 17.5 Å². The first-order chi connectivity index (χ1) is 14.6. The van der Waals surface area contributed by atoms with Crippen LogP contribution in [-0.2, 0) is 29.0 Å². The van der Waals surface area contributed by atoms with Gasteiger partial charge in [0, 0.05) is 24.1 Å². The average Bonchev–Trinajstić information content (AvgIpc) is 3.07. The summed E-state index contributed by atoms with van der Waals surface area (Å²) in [6.07, 6.45) is -0.849. The van der Waals surface area contributed by atoms with Crippen LogP contribution in [0.15, 0.2) is 29.4 Å². The van der Waals surface area contributed by atoms with Crippen LogP contribution in [0.5, 0.6) is 0 Å². The minimum Gasteiger partial charge on any atom is -0.448 e. The molecule has 0 unspecified atom stereocenters. The van der Waals surface area contributed by atoms with Gasteiger partial charge in [-0.05, 0) is 32.4 Å². The Labute approximate surface area is 179 Å². The van der Waals surface area contributed by atoms with Crippen LogP contribution in [0.2, 0.25) is 0 Å². The standard InChI is InChI=1S/C20H23N3O7S/c1-12(24)14-4-3-5-15(10-14)21-19(26)13(2)30-20(27)17-6-7-18(25)23(22-17)16-8-9-31(28,29)11-16/h3-5,10,13,16H,6-9,11H2,1-2H3,(H,21,26)/t13-,16+/m1/s1. The number of nitrogens with zero attached hydrogens (tertiary/aromatic N) is 2. The van der Waals surface area contributed by atoms with E-state index >= 15 is 0 Å². The zero-order valence-corrected chi connectivity index (χ0v) is 18.0. The van der Waals surface area contributed by atoms with Crippen LogP contribution < -0.4 is 5.32 Å². The first-order valence-electron chi connectivity index (χ1n) is 9.78. The minimum absolute atomic E-state index is 0.00287. The predicted octanol–water partition coefficient (Wildman–Crippen LogP) is 0.925. The fraction of sp³-hybridized carbons (Fsp3) is 0.450. The van der Waals surface area contributed by atoms with Crippen molar-refractivity contribution in [2.75, 3.05) is 16.8 Å². The van der Waals surface area contributed by atoms with Crippen molar-refractivity contribution in [1.29, 1.82) is 0 Å². The molecule has 0 saturated carbocycles. The predicted molar refractivity (Wildman–Crippen MR) is 111 cm³/mol. The first-order valence-corrected chi connectivity index (χ1v) is 11.6. The van der Waals surface area contributed by atoms with E-state index < -0.39 is 33.9 Å². The highest BCUT2D eigenvalue weighted by molar-refractivity contribution is 7.91. The van der Waals surface area contributed by atoms with Crippen LogP contribution in [0, 0.1) is 0 Å². The zero-order chi connectivity index (χ0) is 22.8. The Balaban J connectivity index is 1.64. The summed E-state index contributed by atoms with van der Waals surface area (Å²) in [7, 11) is -3.23. The molecule has 0 spiro atoms. The number of carbonyl (C=O) groups is 4.